The highest BCUT2D eigenvalue weighted by molar-refractivity contribution is 5.83. The molecule has 1 amide bonds. The van der Waals surface area contributed by atoms with Crippen LogP contribution in [0.1, 0.15) is 39.0 Å². The van der Waals surface area contributed by atoms with Gasteiger partial charge in [0.05, 0.1) is 5.54 Å². The number of carbonyl (C=O) groups excluding carboxylic acids is 1. The van der Waals surface area contributed by atoms with Gasteiger partial charge < -0.3 is 16.4 Å². The summed E-state index contributed by atoms with van der Waals surface area (Å²) in [7, 11) is 0. The van der Waals surface area contributed by atoms with Gasteiger partial charge in [0, 0.05) is 19.1 Å². The quantitative estimate of drug-likeness (QED) is 0.743. The monoisotopic (exact) mass is 268 g/mol. The Labute approximate surface area is 116 Å². The Bertz CT molecular complexity index is 313. The lowest BCUT2D eigenvalue weighted by molar-refractivity contribution is -0.122. The van der Waals surface area contributed by atoms with Crippen molar-refractivity contribution in [1.29, 1.82) is 0 Å². The molecule has 2 aliphatic heterocycles. The molecule has 2 rings (SSSR count). The van der Waals surface area contributed by atoms with Crippen LogP contribution < -0.4 is 11.5 Å². The Balaban J connectivity index is 1.74. The number of hydrogen-bond acceptors (Lipinski definition) is 4. The summed E-state index contributed by atoms with van der Waals surface area (Å²) in [6.45, 7) is 7.36. The van der Waals surface area contributed by atoms with Gasteiger partial charge >= 0.3 is 0 Å². The van der Waals surface area contributed by atoms with Gasteiger partial charge in [-0.15, -0.1) is 0 Å². The molecule has 0 spiro atoms. The maximum absolute atomic E-state index is 11.2. The highest BCUT2D eigenvalue weighted by atomic mass is 16.1. The minimum absolute atomic E-state index is 0.403. The SMILES string of the molecule is CC(N)(CCN1CCC(N2CCCCC2)C1)C(N)=O. The van der Waals surface area contributed by atoms with Crippen LogP contribution in [-0.4, -0.2) is 60.0 Å². The third-order valence-corrected chi connectivity index (χ3v) is 4.66. The molecule has 0 saturated carbocycles. The van der Waals surface area contributed by atoms with Gasteiger partial charge in [0.1, 0.15) is 0 Å². The molecule has 110 valence electrons. The highest BCUT2D eigenvalue weighted by Gasteiger charge is 2.31. The highest BCUT2D eigenvalue weighted by Crippen LogP contribution is 2.21. The van der Waals surface area contributed by atoms with Crippen LogP contribution in [0.5, 0.6) is 0 Å². The predicted molar refractivity (Wildman–Crippen MR) is 76.7 cm³/mol. The van der Waals surface area contributed by atoms with Gasteiger partial charge in [0.25, 0.3) is 0 Å². The van der Waals surface area contributed by atoms with Crippen molar-refractivity contribution < 1.29 is 4.79 Å². The summed E-state index contributed by atoms with van der Waals surface area (Å²) in [5, 5.41) is 0. The third kappa shape index (κ3) is 3.91. The molecular weight excluding hydrogens is 240 g/mol. The van der Waals surface area contributed by atoms with Crippen molar-refractivity contribution in [3.8, 4) is 0 Å². The minimum atomic E-state index is -0.872. The molecule has 0 aliphatic carbocycles. The first-order valence-corrected chi connectivity index (χ1v) is 7.54. The normalized spacial score (nSPS) is 29.3. The lowest BCUT2D eigenvalue weighted by Crippen LogP contribution is -2.51. The van der Waals surface area contributed by atoms with E-state index in [4.69, 9.17) is 11.5 Å². The first-order chi connectivity index (χ1) is 8.99. The zero-order chi connectivity index (χ0) is 13.9. The standard InChI is InChI=1S/C14H28N4O/c1-14(16,13(15)19)6-10-17-9-5-12(11-17)18-7-3-2-4-8-18/h12H,2-11,16H2,1H3,(H2,15,19). The number of rotatable bonds is 5. The van der Waals surface area contributed by atoms with E-state index < -0.39 is 11.4 Å². The zero-order valence-corrected chi connectivity index (χ0v) is 12.1. The zero-order valence-electron chi connectivity index (χ0n) is 12.1. The van der Waals surface area contributed by atoms with E-state index in [-0.39, 0.29) is 0 Å². The summed E-state index contributed by atoms with van der Waals surface area (Å²) in [4.78, 5) is 16.3. The van der Waals surface area contributed by atoms with E-state index in [9.17, 15) is 4.79 Å². The summed E-state index contributed by atoms with van der Waals surface area (Å²) in [6.07, 6.45) is 5.97. The van der Waals surface area contributed by atoms with Crippen LogP contribution in [0.3, 0.4) is 0 Å². The van der Waals surface area contributed by atoms with Crippen molar-refractivity contribution >= 4 is 5.91 Å². The van der Waals surface area contributed by atoms with Crippen molar-refractivity contribution in [2.45, 2.75) is 50.6 Å². The van der Waals surface area contributed by atoms with Crippen LogP contribution in [0.25, 0.3) is 0 Å². The Kier molecular flexibility index (Phi) is 4.81. The fourth-order valence-corrected chi connectivity index (χ4v) is 3.11. The van der Waals surface area contributed by atoms with Crippen molar-refractivity contribution in [3.63, 3.8) is 0 Å². The van der Waals surface area contributed by atoms with Crippen LogP contribution in [0.4, 0.5) is 0 Å². The molecule has 19 heavy (non-hydrogen) atoms. The molecule has 0 aromatic rings. The summed E-state index contributed by atoms with van der Waals surface area (Å²) >= 11 is 0. The molecule has 2 fully saturated rings. The van der Waals surface area contributed by atoms with Crippen molar-refractivity contribution in [1.82, 2.24) is 9.80 Å². The molecule has 5 heteroatoms. The maximum Gasteiger partial charge on any atom is 0.237 e. The number of amides is 1. The molecule has 0 radical (unpaired) electrons. The summed E-state index contributed by atoms with van der Waals surface area (Å²) < 4.78 is 0. The molecule has 2 heterocycles. The number of nitrogens with zero attached hydrogens (tertiary/aromatic N) is 2. The Morgan fingerprint density at radius 2 is 1.95 bits per heavy atom. The minimum Gasteiger partial charge on any atom is -0.368 e. The van der Waals surface area contributed by atoms with Gasteiger partial charge in [0.2, 0.25) is 5.91 Å². The van der Waals surface area contributed by atoms with Crippen LogP contribution in [-0.2, 0) is 4.79 Å². The fraction of sp³-hybridized carbons (Fsp3) is 0.929. The van der Waals surface area contributed by atoms with E-state index in [2.05, 4.69) is 9.80 Å². The first-order valence-electron chi connectivity index (χ1n) is 7.54. The summed E-state index contributed by atoms with van der Waals surface area (Å²) in [5.74, 6) is -0.403. The molecule has 4 N–H and O–H groups in total. The number of nitrogens with two attached hydrogens (primary N) is 2. The first kappa shape index (κ1) is 14.8. The molecule has 2 saturated heterocycles. The number of hydrogen-bond donors (Lipinski definition) is 2. The number of likely N-dealkylation sites (tertiary alicyclic amines) is 2. The Hall–Kier alpha value is -0.650. The van der Waals surface area contributed by atoms with Crippen LogP contribution in [0.2, 0.25) is 0 Å². The van der Waals surface area contributed by atoms with Crippen molar-refractivity contribution in [3.05, 3.63) is 0 Å². The Morgan fingerprint density at radius 3 is 2.58 bits per heavy atom. The van der Waals surface area contributed by atoms with Gasteiger partial charge in [-0.05, 0) is 52.2 Å². The van der Waals surface area contributed by atoms with E-state index >= 15 is 0 Å². The van der Waals surface area contributed by atoms with Gasteiger partial charge in [0.15, 0.2) is 0 Å². The molecule has 0 bridgehead atoms. The lowest BCUT2D eigenvalue weighted by Gasteiger charge is -2.32. The van der Waals surface area contributed by atoms with Gasteiger partial charge in [-0.25, -0.2) is 0 Å². The maximum atomic E-state index is 11.2. The topological polar surface area (TPSA) is 75.6 Å². The van der Waals surface area contributed by atoms with E-state index in [0.29, 0.717) is 12.5 Å². The average molecular weight is 268 g/mol. The van der Waals surface area contributed by atoms with E-state index in [1.54, 1.807) is 6.92 Å². The molecule has 0 aromatic heterocycles. The fourth-order valence-electron chi connectivity index (χ4n) is 3.11. The largest absolute Gasteiger partial charge is 0.368 e. The van der Waals surface area contributed by atoms with Gasteiger partial charge in [-0.2, -0.15) is 0 Å². The summed E-state index contributed by atoms with van der Waals surface area (Å²) in [6, 6.07) is 0.706. The smallest absolute Gasteiger partial charge is 0.237 e. The second kappa shape index (κ2) is 6.20. The molecule has 5 nitrogen and oxygen atoms in total. The average Bonchev–Trinajstić information content (AvgIpc) is 2.86. The van der Waals surface area contributed by atoms with Crippen LogP contribution in [0, 0.1) is 0 Å². The third-order valence-electron chi connectivity index (χ3n) is 4.66. The Morgan fingerprint density at radius 1 is 1.26 bits per heavy atom. The molecule has 0 aromatic carbocycles. The second-order valence-electron chi connectivity index (χ2n) is 6.37. The predicted octanol–water partition coefficient (Wildman–Crippen LogP) is 0.139. The summed E-state index contributed by atoms with van der Waals surface area (Å²) in [5.41, 5.74) is 10.3. The number of carbonyl (C=O) groups is 1. The molecular formula is C14H28N4O. The second-order valence-corrected chi connectivity index (χ2v) is 6.37. The van der Waals surface area contributed by atoms with Crippen LogP contribution >= 0.6 is 0 Å². The van der Waals surface area contributed by atoms with E-state index in [1.807, 2.05) is 0 Å². The van der Waals surface area contributed by atoms with Crippen molar-refractivity contribution in [2.24, 2.45) is 11.5 Å². The number of piperidine rings is 1. The van der Waals surface area contributed by atoms with Crippen LogP contribution in [0.15, 0.2) is 0 Å². The van der Waals surface area contributed by atoms with Gasteiger partial charge in [-0.3, -0.25) is 9.69 Å². The lowest BCUT2D eigenvalue weighted by atomic mass is 9.98. The molecule has 2 aliphatic rings. The van der Waals surface area contributed by atoms with Gasteiger partial charge in [-0.1, -0.05) is 6.42 Å². The van der Waals surface area contributed by atoms with Crippen molar-refractivity contribution in [2.75, 3.05) is 32.7 Å². The van der Waals surface area contributed by atoms with E-state index in [1.165, 1.54) is 38.8 Å². The van der Waals surface area contributed by atoms with E-state index in [0.717, 1.165) is 19.6 Å². The molecule has 2 unspecified atom stereocenters. The number of primary amides is 1. The molecule has 2 atom stereocenters.